The largest absolute Gasteiger partial charge is 0.331 e. The number of hydrogen-bond acceptors (Lipinski definition) is 2. The van der Waals surface area contributed by atoms with Crippen molar-refractivity contribution in [3.05, 3.63) is 139 Å². The SMILES string of the molecule is O=C(c1nccc2c(-c3ccccc3)c(-c3ccccc3)c(-c3ccccc3)c(-c3ccccc3)c12)N(C1CCCCC1)C1CCCCC1. The summed E-state index contributed by atoms with van der Waals surface area (Å²) in [4.78, 5) is 22.9. The Hall–Kier alpha value is -5.02. The van der Waals surface area contributed by atoms with Crippen LogP contribution in [0.1, 0.15) is 74.7 Å². The quantitative estimate of drug-likeness (QED) is 0.174. The first kappa shape index (κ1) is 31.3. The summed E-state index contributed by atoms with van der Waals surface area (Å²) in [6.45, 7) is 0. The van der Waals surface area contributed by atoms with Crippen LogP contribution in [0.5, 0.6) is 0 Å². The molecule has 5 aromatic carbocycles. The molecule has 244 valence electrons. The van der Waals surface area contributed by atoms with Gasteiger partial charge in [-0.1, -0.05) is 160 Å². The van der Waals surface area contributed by atoms with Crippen molar-refractivity contribution in [1.82, 2.24) is 9.88 Å². The van der Waals surface area contributed by atoms with Crippen LogP contribution in [0.4, 0.5) is 0 Å². The third-order valence-corrected chi connectivity index (χ3v) is 10.8. The number of amides is 1. The lowest BCUT2D eigenvalue weighted by Gasteiger charge is -2.42. The minimum atomic E-state index is 0.104. The van der Waals surface area contributed by atoms with E-state index < -0.39 is 0 Å². The lowest BCUT2D eigenvalue weighted by atomic mass is 9.78. The Morgan fingerprint density at radius 2 is 0.857 bits per heavy atom. The summed E-state index contributed by atoms with van der Waals surface area (Å²) >= 11 is 0. The van der Waals surface area contributed by atoms with Gasteiger partial charge in [0.15, 0.2) is 0 Å². The number of nitrogens with zero attached hydrogens (tertiary/aromatic N) is 2. The van der Waals surface area contributed by atoms with E-state index in [0.29, 0.717) is 5.69 Å². The van der Waals surface area contributed by atoms with E-state index in [1.54, 1.807) is 0 Å². The Bertz CT molecular complexity index is 2010. The number of rotatable bonds is 7. The van der Waals surface area contributed by atoms with E-state index in [4.69, 9.17) is 4.98 Å². The minimum Gasteiger partial charge on any atom is -0.331 e. The maximum absolute atomic E-state index is 15.5. The van der Waals surface area contributed by atoms with Gasteiger partial charge in [-0.2, -0.15) is 0 Å². The Morgan fingerprint density at radius 1 is 0.469 bits per heavy atom. The van der Waals surface area contributed by atoms with Crippen molar-refractivity contribution in [3.63, 3.8) is 0 Å². The summed E-state index contributed by atoms with van der Waals surface area (Å²) in [5.41, 5.74) is 9.59. The van der Waals surface area contributed by atoms with Crippen LogP contribution >= 0.6 is 0 Å². The van der Waals surface area contributed by atoms with E-state index in [1.165, 1.54) is 44.1 Å². The van der Waals surface area contributed by atoms with Gasteiger partial charge in [-0.05, 0) is 76.1 Å². The van der Waals surface area contributed by atoms with Crippen LogP contribution < -0.4 is 0 Å². The molecule has 0 N–H and O–H groups in total. The topological polar surface area (TPSA) is 33.2 Å². The molecule has 2 aliphatic carbocycles. The van der Waals surface area contributed by atoms with E-state index in [-0.39, 0.29) is 18.0 Å². The van der Waals surface area contributed by atoms with Crippen LogP contribution in [0.25, 0.3) is 55.3 Å². The van der Waals surface area contributed by atoms with E-state index in [2.05, 4.69) is 132 Å². The maximum Gasteiger partial charge on any atom is 0.273 e. The lowest BCUT2D eigenvalue weighted by Crippen LogP contribution is -2.49. The van der Waals surface area contributed by atoms with Crippen LogP contribution in [-0.4, -0.2) is 27.9 Å². The molecule has 0 radical (unpaired) electrons. The normalized spacial score (nSPS) is 15.7. The van der Waals surface area contributed by atoms with Crippen molar-refractivity contribution in [2.75, 3.05) is 0 Å². The molecule has 1 amide bonds. The fourth-order valence-corrected chi connectivity index (χ4v) is 8.65. The molecule has 0 aliphatic heterocycles. The minimum absolute atomic E-state index is 0.104. The summed E-state index contributed by atoms with van der Waals surface area (Å²) in [5, 5.41) is 2.02. The van der Waals surface area contributed by atoms with Gasteiger partial charge in [-0.15, -0.1) is 0 Å². The summed E-state index contributed by atoms with van der Waals surface area (Å²) in [6, 6.07) is 45.6. The fourth-order valence-electron chi connectivity index (χ4n) is 8.65. The predicted molar refractivity (Wildman–Crippen MR) is 203 cm³/mol. The standard InChI is InChI=1S/C46H44N2O/c49-46(48(37-27-15-5-16-28-37)38-29-17-6-18-30-38)45-44-39(31-32-47-45)40(33-19-7-1-8-20-33)41(34-21-9-2-10-22-34)42(35-23-11-3-12-24-35)43(44)36-25-13-4-14-26-36/h1-4,7-14,19-26,31-32,37-38H,5-6,15-18,27-30H2. The molecule has 2 saturated carbocycles. The first-order valence-electron chi connectivity index (χ1n) is 18.3. The highest BCUT2D eigenvalue weighted by Crippen LogP contribution is 2.51. The number of hydrogen-bond donors (Lipinski definition) is 0. The van der Waals surface area contributed by atoms with Crippen molar-refractivity contribution in [3.8, 4) is 44.5 Å². The van der Waals surface area contributed by atoms with E-state index in [9.17, 15) is 0 Å². The van der Waals surface area contributed by atoms with Crippen molar-refractivity contribution < 1.29 is 4.79 Å². The zero-order chi connectivity index (χ0) is 33.0. The Balaban J connectivity index is 1.51. The smallest absolute Gasteiger partial charge is 0.273 e. The molecule has 3 nitrogen and oxygen atoms in total. The summed E-state index contributed by atoms with van der Waals surface area (Å²) in [5.74, 6) is 0.104. The Kier molecular flexibility index (Phi) is 9.07. The third kappa shape index (κ3) is 6.08. The predicted octanol–water partition coefficient (Wildman–Crippen LogP) is 12.0. The highest BCUT2D eigenvalue weighted by molar-refractivity contribution is 6.22. The maximum atomic E-state index is 15.5. The van der Waals surface area contributed by atoms with Gasteiger partial charge in [-0.3, -0.25) is 9.78 Å². The molecule has 2 aliphatic rings. The average Bonchev–Trinajstić information content (AvgIpc) is 3.19. The molecule has 0 spiro atoms. The molecule has 1 heterocycles. The second-order valence-corrected chi connectivity index (χ2v) is 13.8. The fraction of sp³-hybridized carbons (Fsp3) is 0.261. The average molecular weight is 641 g/mol. The molecule has 6 aromatic rings. The van der Waals surface area contributed by atoms with Gasteiger partial charge in [-0.25, -0.2) is 0 Å². The number of fused-ring (bicyclic) bond motifs is 1. The summed E-state index contributed by atoms with van der Waals surface area (Å²) in [6.07, 6.45) is 13.5. The van der Waals surface area contributed by atoms with Crippen LogP contribution in [0.2, 0.25) is 0 Å². The van der Waals surface area contributed by atoms with Crippen LogP contribution in [0.15, 0.2) is 134 Å². The Labute approximate surface area is 290 Å². The van der Waals surface area contributed by atoms with Crippen molar-refractivity contribution >= 4 is 16.7 Å². The molecule has 49 heavy (non-hydrogen) atoms. The molecule has 3 heteroatoms. The molecule has 8 rings (SSSR count). The monoisotopic (exact) mass is 640 g/mol. The summed E-state index contributed by atoms with van der Waals surface area (Å²) in [7, 11) is 0. The van der Waals surface area contributed by atoms with Gasteiger partial charge < -0.3 is 4.90 Å². The van der Waals surface area contributed by atoms with Gasteiger partial charge in [0.05, 0.1) is 0 Å². The molecule has 0 bridgehead atoms. The number of aromatic nitrogens is 1. The molecule has 1 aromatic heterocycles. The second-order valence-electron chi connectivity index (χ2n) is 13.8. The van der Waals surface area contributed by atoms with Crippen LogP contribution in [-0.2, 0) is 0 Å². The van der Waals surface area contributed by atoms with Crippen molar-refractivity contribution in [2.45, 2.75) is 76.3 Å². The highest BCUT2D eigenvalue weighted by atomic mass is 16.2. The molecule has 0 saturated heterocycles. The zero-order valence-electron chi connectivity index (χ0n) is 28.2. The van der Waals surface area contributed by atoms with E-state index in [1.807, 2.05) is 6.20 Å². The lowest BCUT2D eigenvalue weighted by molar-refractivity contribution is 0.0445. The number of carbonyl (C=O) groups excluding carboxylic acids is 1. The number of carbonyl (C=O) groups is 1. The van der Waals surface area contributed by atoms with Gasteiger partial charge in [0.25, 0.3) is 5.91 Å². The first-order chi connectivity index (χ1) is 24.3. The molecular weight excluding hydrogens is 597 g/mol. The Morgan fingerprint density at radius 3 is 1.31 bits per heavy atom. The first-order valence-corrected chi connectivity index (χ1v) is 18.3. The molecular formula is C46H44N2O. The van der Waals surface area contributed by atoms with Crippen LogP contribution in [0, 0.1) is 0 Å². The van der Waals surface area contributed by atoms with Crippen LogP contribution in [0.3, 0.4) is 0 Å². The van der Waals surface area contributed by atoms with E-state index in [0.717, 1.165) is 75.4 Å². The second kappa shape index (κ2) is 14.2. The molecule has 0 unspecified atom stereocenters. The number of benzene rings is 5. The van der Waals surface area contributed by atoms with E-state index >= 15 is 4.79 Å². The third-order valence-electron chi connectivity index (χ3n) is 10.8. The molecule has 2 fully saturated rings. The van der Waals surface area contributed by atoms with Gasteiger partial charge in [0, 0.05) is 29.2 Å². The zero-order valence-corrected chi connectivity index (χ0v) is 28.2. The van der Waals surface area contributed by atoms with Crippen molar-refractivity contribution in [1.29, 1.82) is 0 Å². The van der Waals surface area contributed by atoms with Gasteiger partial charge >= 0.3 is 0 Å². The molecule has 0 atom stereocenters. The highest BCUT2D eigenvalue weighted by Gasteiger charge is 2.36. The van der Waals surface area contributed by atoms with Gasteiger partial charge in [0.2, 0.25) is 0 Å². The van der Waals surface area contributed by atoms with Crippen molar-refractivity contribution in [2.24, 2.45) is 0 Å². The van der Waals surface area contributed by atoms with Gasteiger partial charge in [0.1, 0.15) is 5.69 Å². The number of pyridine rings is 1. The summed E-state index contributed by atoms with van der Waals surface area (Å²) < 4.78 is 0.